The van der Waals surface area contributed by atoms with Gasteiger partial charge in [-0.2, -0.15) is 0 Å². The molecule has 1 fully saturated rings. The number of rotatable bonds is 3. The van der Waals surface area contributed by atoms with Crippen molar-refractivity contribution in [3.8, 4) is 0 Å². The van der Waals surface area contributed by atoms with Crippen LogP contribution in [0.2, 0.25) is 0 Å². The standard InChI is InChI=1S/C21H17NO6S/c1-21(2)27-19(23)17(20(24)28-21)13-14-8-9-18-15(12-14)10-11-22(18)29(25,26)16-6-4-3-5-7-16/h3-13H,1-2H3. The summed E-state index contributed by atoms with van der Waals surface area (Å²) in [7, 11) is -3.74. The molecule has 4 rings (SSSR count). The third kappa shape index (κ3) is 3.42. The van der Waals surface area contributed by atoms with Crippen LogP contribution in [0.25, 0.3) is 17.0 Å². The molecule has 1 aliphatic heterocycles. The summed E-state index contributed by atoms with van der Waals surface area (Å²) in [5, 5.41) is 0.636. The molecule has 1 aromatic heterocycles. The van der Waals surface area contributed by atoms with Crippen molar-refractivity contribution in [1.82, 2.24) is 3.97 Å². The number of esters is 2. The number of cyclic esters (lactones) is 2. The Morgan fingerprint density at radius 3 is 2.24 bits per heavy atom. The molecule has 0 spiro atoms. The van der Waals surface area contributed by atoms with Crippen molar-refractivity contribution in [3.05, 3.63) is 71.9 Å². The van der Waals surface area contributed by atoms with E-state index in [9.17, 15) is 18.0 Å². The van der Waals surface area contributed by atoms with E-state index in [0.29, 0.717) is 16.5 Å². The van der Waals surface area contributed by atoms with Gasteiger partial charge >= 0.3 is 11.9 Å². The van der Waals surface area contributed by atoms with E-state index in [-0.39, 0.29) is 10.5 Å². The van der Waals surface area contributed by atoms with E-state index in [0.717, 1.165) is 0 Å². The summed E-state index contributed by atoms with van der Waals surface area (Å²) in [5.41, 5.74) is 0.793. The maximum Gasteiger partial charge on any atom is 0.348 e. The van der Waals surface area contributed by atoms with Crippen LogP contribution in [0.15, 0.2) is 71.3 Å². The number of ether oxygens (including phenoxy) is 2. The van der Waals surface area contributed by atoms with Crippen molar-refractivity contribution in [2.24, 2.45) is 0 Å². The molecule has 0 atom stereocenters. The topological polar surface area (TPSA) is 91.7 Å². The van der Waals surface area contributed by atoms with Crippen LogP contribution in [0.4, 0.5) is 0 Å². The van der Waals surface area contributed by atoms with Gasteiger partial charge in [0, 0.05) is 25.4 Å². The van der Waals surface area contributed by atoms with Crippen molar-refractivity contribution in [1.29, 1.82) is 0 Å². The van der Waals surface area contributed by atoms with Crippen LogP contribution in [0.3, 0.4) is 0 Å². The molecule has 0 amide bonds. The van der Waals surface area contributed by atoms with Gasteiger partial charge < -0.3 is 9.47 Å². The second-order valence-electron chi connectivity index (χ2n) is 6.98. The Bertz CT molecular complexity index is 1250. The Labute approximate surface area is 167 Å². The molecule has 2 heterocycles. The summed E-state index contributed by atoms with van der Waals surface area (Å²) < 4.78 is 37.1. The van der Waals surface area contributed by atoms with Gasteiger partial charge in [0.15, 0.2) is 0 Å². The van der Waals surface area contributed by atoms with E-state index >= 15 is 0 Å². The molecule has 0 N–H and O–H groups in total. The maximum absolute atomic E-state index is 12.9. The first kappa shape index (κ1) is 18.9. The molecule has 1 aliphatic rings. The molecule has 3 aromatic rings. The third-order valence-electron chi connectivity index (χ3n) is 4.41. The summed E-state index contributed by atoms with van der Waals surface area (Å²) >= 11 is 0. The number of fused-ring (bicyclic) bond motifs is 1. The summed E-state index contributed by atoms with van der Waals surface area (Å²) in [6.07, 6.45) is 2.83. The first-order chi connectivity index (χ1) is 13.7. The lowest BCUT2D eigenvalue weighted by atomic mass is 10.1. The van der Waals surface area contributed by atoms with E-state index < -0.39 is 27.7 Å². The van der Waals surface area contributed by atoms with Crippen molar-refractivity contribution in [2.75, 3.05) is 0 Å². The van der Waals surface area contributed by atoms with Crippen molar-refractivity contribution < 1.29 is 27.5 Å². The molecule has 2 aromatic carbocycles. The van der Waals surface area contributed by atoms with E-state index in [1.54, 1.807) is 42.5 Å². The summed E-state index contributed by atoms with van der Waals surface area (Å²) in [6, 6.07) is 14.7. The Morgan fingerprint density at radius 2 is 1.59 bits per heavy atom. The number of hydrogen-bond acceptors (Lipinski definition) is 6. The number of aromatic nitrogens is 1. The van der Waals surface area contributed by atoms with Gasteiger partial charge in [0.1, 0.15) is 5.57 Å². The van der Waals surface area contributed by atoms with E-state index in [1.807, 2.05) is 0 Å². The smallest absolute Gasteiger partial charge is 0.348 e. The number of carbonyl (C=O) groups excluding carboxylic acids is 2. The quantitative estimate of drug-likeness (QED) is 0.374. The molecule has 29 heavy (non-hydrogen) atoms. The van der Waals surface area contributed by atoms with Crippen LogP contribution in [-0.4, -0.2) is 30.1 Å². The Kier molecular flexibility index (Phi) is 4.31. The van der Waals surface area contributed by atoms with Crippen molar-refractivity contribution in [2.45, 2.75) is 24.5 Å². The monoisotopic (exact) mass is 411 g/mol. The zero-order chi connectivity index (χ0) is 20.8. The predicted molar refractivity (Wildman–Crippen MR) is 105 cm³/mol. The highest BCUT2D eigenvalue weighted by Gasteiger charge is 2.38. The lowest BCUT2D eigenvalue weighted by Crippen LogP contribution is -2.41. The molecular formula is C21H17NO6S. The van der Waals surface area contributed by atoms with E-state index in [2.05, 4.69) is 0 Å². The second-order valence-corrected chi connectivity index (χ2v) is 8.80. The molecule has 0 aliphatic carbocycles. The molecular weight excluding hydrogens is 394 g/mol. The number of benzene rings is 2. The molecule has 8 heteroatoms. The highest BCUT2D eigenvalue weighted by atomic mass is 32.2. The van der Waals surface area contributed by atoms with Crippen LogP contribution < -0.4 is 0 Å². The van der Waals surface area contributed by atoms with Gasteiger partial charge in [0.2, 0.25) is 0 Å². The Hall–Kier alpha value is -3.39. The van der Waals surface area contributed by atoms with Gasteiger partial charge in [-0.3, -0.25) is 0 Å². The molecule has 0 radical (unpaired) electrons. The molecule has 148 valence electrons. The minimum atomic E-state index is -3.74. The molecule has 0 saturated carbocycles. The van der Waals surface area contributed by atoms with Gasteiger partial charge in [-0.05, 0) is 42.0 Å². The van der Waals surface area contributed by atoms with Gasteiger partial charge in [-0.1, -0.05) is 24.3 Å². The fourth-order valence-electron chi connectivity index (χ4n) is 3.09. The van der Waals surface area contributed by atoms with Crippen LogP contribution in [-0.2, 0) is 29.1 Å². The second kappa shape index (κ2) is 6.59. The van der Waals surface area contributed by atoms with Crippen LogP contribution in [0.1, 0.15) is 19.4 Å². The first-order valence-corrected chi connectivity index (χ1v) is 10.2. The lowest BCUT2D eigenvalue weighted by Gasteiger charge is -2.29. The van der Waals surface area contributed by atoms with E-state index in [1.165, 1.54) is 42.2 Å². The largest absolute Gasteiger partial charge is 0.419 e. The van der Waals surface area contributed by atoms with Gasteiger partial charge in [0.05, 0.1) is 10.4 Å². The Balaban J connectivity index is 1.73. The van der Waals surface area contributed by atoms with Crippen LogP contribution in [0.5, 0.6) is 0 Å². The molecule has 7 nitrogen and oxygen atoms in total. The highest BCUT2D eigenvalue weighted by Crippen LogP contribution is 2.27. The highest BCUT2D eigenvalue weighted by molar-refractivity contribution is 7.90. The van der Waals surface area contributed by atoms with Gasteiger partial charge in [-0.15, -0.1) is 0 Å². The molecule has 1 saturated heterocycles. The summed E-state index contributed by atoms with van der Waals surface area (Å²) in [6.45, 7) is 2.95. The minimum absolute atomic E-state index is 0.180. The lowest BCUT2D eigenvalue weighted by molar-refractivity contribution is -0.222. The van der Waals surface area contributed by atoms with Crippen molar-refractivity contribution >= 4 is 38.9 Å². The van der Waals surface area contributed by atoms with Crippen LogP contribution in [0, 0.1) is 0 Å². The zero-order valence-corrected chi connectivity index (χ0v) is 16.5. The normalized spacial score (nSPS) is 16.4. The number of nitrogens with zero attached hydrogens (tertiary/aromatic N) is 1. The average molecular weight is 411 g/mol. The first-order valence-electron chi connectivity index (χ1n) is 8.77. The zero-order valence-electron chi connectivity index (χ0n) is 15.7. The molecule has 0 unspecified atom stereocenters. The fraction of sp³-hybridized carbons (Fsp3) is 0.143. The SMILES string of the molecule is CC1(C)OC(=O)C(=Cc2ccc3c(ccn3S(=O)(=O)c3ccccc3)c2)C(=O)O1. The maximum atomic E-state index is 12.9. The minimum Gasteiger partial charge on any atom is -0.419 e. The number of carbonyl (C=O) groups is 2. The predicted octanol–water partition coefficient (Wildman–Crippen LogP) is 3.10. The fourth-order valence-corrected chi connectivity index (χ4v) is 4.46. The average Bonchev–Trinajstić information content (AvgIpc) is 3.09. The summed E-state index contributed by atoms with van der Waals surface area (Å²) in [5.74, 6) is -2.84. The Morgan fingerprint density at radius 1 is 0.931 bits per heavy atom. The summed E-state index contributed by atoms with van der Waals surface area (Å²) in [4.78, 5) is 24.4. The van der Waals surface area contributed by atoms with Crippen LogP contribution >= 0.6 is 0 Å². The molecule has 0 bridgehead atoms. The third-order valence-corrected chi connectivity index (χ3v) is 6.11. The van der Waals surface area contributed by atoms with Gasteiger partial charge in [-0.25, -0.2) is 22.0 Å². The van der Waals surface area contributed by atoms with Gasteiger partial charge in [0.25, 0.3) is 15.8 Å². The number of hydrogen-bond donors (Lipinski definition) is 0. The van der Waals surface area contributed by atoms with Crippen molar-refractivity contribution in [3.63, 3.8) is 0 Å². The van der Waals surface area contributed by atoms with E-state index in [4.69, 9.17) is 9.47 Å².